The van der Waals surface area contributed by atoms with Gasteiger partial charge >= 0.3 is 0 Å². The summed E-state index contributed by atoms with van der Waals surface area (Å²) in [6.07, 6.45) is 9.66. The van der Waals surface area contributed by atoms with Gasteiger partial charge in [-0.1, -0.05) is 59.8 Å². The molecule has 2 unspecified atom stereocenters. The summed E-state index contributed by atoms with van der Waals surface area (Å²) < 4.78 is 0. The van der Waals surface area contributed by atoms with E-state index < -0.39 is 0 Å². The molecule has 1 saturated heterocycles. The number of amides is 1. The van der Waals surface area contributed by atoms with Gasteiger partial charge in [-0.05, 0) is 24.2 Å². The lowest BCUT2D eigenvalue weighted by Crippen LogP contribution is -2.36. The van der Waals surface area contributed by atoms with Gasteiger partial charge in [-0.25, -0.2) is 0 Å². The van der Waals surface area contributed by atoms with Gasteiger partial charge in [-0.15, -0.1) is 0 Å². The number of carbonyl (C=O) groups is 1. The van der Waals surface area contributed by atoms with Crippen molar-refractivity contribution in [2.75, 3.05) is 0 Å². The van der Waals surface area contributed by atoms with E-state index in [1.165, 1.54) is 38.5 Å². The van der Waals surface area contributed by atoms with Crippen LogP contribution in [0.4, 0.5) is 0 Å². The zero-order valence-electron chi connectivity index (χ0n) is 12.7. The van der Waals surface area contributed by atoms with Gasteiger partial charge in [0.15, 0.2) is 0 Å². The van der Waals surface area contributed by atoms with Gasteiger partial charge in [-0.3, -0.25) is 4.79 Å². The fourth-order valence-corrected chi connectivity index (χ4v) is 3.12. The molecule has 2 heteroatoms. The van der Waals surface area contributed by atoms with Gasteiger partial charge in [0.1, 0.15) is 0 Å². The molecule has 2 atom stereocenters. The zero-order chi connectivity index (χ0) is 13.6. The first-order chi connectivity index (χ1) is 8.48. The van der Waals surface area contributed by atoms with Crippen LogP contribution in [0, 0.1) is 11.3 Å². The molecule has 1 aliphatic heterocycles. The smallest absolute Gasteiger partial charge is 0.220 e. The van der Waals surface area contributed by atoms with Crippen LogP contribution in [0.3, 0.4) is 0 Å². The molecule has 18 heavy (non-hydrogen) atoms. The molecule has 0 aromatic heterocycles. The molecule has 0 spiro atoms. The average Bonchev–Trinajstić information content (AvgIpc) is 2.53. The van der Waals surface area contributed by atoms with Crippen LogP contribution in [0.1, 0.15) is 79.1 Å². The van der Waals surface area contributed by atoms with Crippen LogP contribution in [0.5, 0.6) is 0 Å². The molecular weight excluding hydrogens is 222 g/mol. The normalized spacial score (nSPS) is 27.8. The Morgan fingerprint density at radius 2 is 1.94 bits per heavy atom. The van der Waals surface area contributed by atoms with Crippen molar-refractivity contribution < 1.29 is 4.79 Å². The maximum atomic E-state index is 11.7. The first-order valence-corrected chi connectivity index (χ1v) is 7.77. The van der Waals surface area contributed by atoms with E-state index in [1.54, 1.807) is 0 Å². The van der Waals surface area contributed by atoms with E-state index >= 15 is 0 Å². The Hall–Kier alpha value is -0.530. The first-order valence-electron chi connectivity index (χ1n) is 7.77. The Bertz CT molecular complexity index is 262. The van der Waals surface area contributed by atoms with Crippen LogP contribution in [0.2, 0.25) is 0 Å². The van der Waals surface area contributed by atoms with Crippen LogP contribution in [0.15, 0.2) is 0 Å². The molecule has 0 aliphatic carbocycles. The highest BCUT2D eigenvalue weighted by molar-refractivity contribution is 5.79. The minimum absolute atomic E-state index is 0.202. The van der Waals surface area contributed by atoms with Crippen molar-refractivity contribution in [3.05, 3.63) is 0 Å². The number of hydrogen-bond donors (Lipinski definition) is 1. The maximum Gasteiger partial charge on any atom is 0.220 e. The van der Waals surface area contributed by atoms with Crippen molar-refractivity contribution in [2.24, 2.45) is 11.3 Å². The van der Waals surface area contributed by atoms with Crippen molar-refractivity contribution >= 4 is 5.91 Å². The first kappa shape index (κ1) is 15.5. The Kier molecular flexibility index (Phi) is 6.17. The summed E-state index contributed by atoms with van der Waals surface area (Å²) in [6, 6.07) is 0.399. The predicted molar refractivity (Wildman–Crippen MR) is 77.5 cm³/mol. The Balaban J connectivity index is 2.40. The largest absolute Gasteiger partial charge is 0.353 e. The molecule has 1 N–H and O–H groups in total. The van der Waals surface area contributed by atoms with Crippen LogP contribution in [-0.2, 0) is 4.79 Å². The third-order valence-corrected chi connectivity index (χ3v) is 4.30. The predicted octanol–water partition coefficient (Wildman–Crippen LogP) is 4.29. The van der Waals surface area contributed by atoms with Crippen molar-refractivity contribution in [3.63, 3.8) is 0 Å². The second kappa shape index (κ2) is 7.16. The number of rotatable bonds is 8. The molecule has 1 amide bonds. The molecule has 1 fully saturated rings. The summed E-state index contributed by atoms with van der Waals surface area (Å²) in [7, 11) is 0. The molecule has 2 nitrogen and oxygen atoms in total. The van der Waals surface area contributed by atoms with Crippen molar-refractivity contribution in [1.82, 2.24) is 5.32 Å². The molecule has 0 radical (unpaired) electrons. The van der Waals surface area contributed by atoms with Gasteiger partial charge in [0, 0.05) is 12.5 Å². The number of carbonyl (C=O) groups excluding carboxylic acids is 1. The summed E-state index contributed by atoms with van der Waals surface area (Å²) in [5, 5.41) is 3.19. The van der Waals surface area contributed by atoms with E-state index in [0.717, 1.165) is 12.8 Å². The topological polar surface area (TPSA) is 29.1 Å². The van der Waals surface area contributed by atoms with E-state index in [-0.39, 0.29) is 11.3 Å². The van der Waals surface area contributed by atoms with Crippen LogP contribution >= 0.6 is 0 Å². The number of nitrogens with one attached hydrogen (secondary N) is 1. The second-order valence-corrected chi connectivity index (χ2v) is 6.74. The van der Waals surface area contributed by atoms with E-state index in [1.807, 2.05) is 0 Å². The monoisotopic (exact) mass is 253 g/mol. The molecule has 0 aromatic rings. The number of unbranched alkanes of at least 4 members (excludes halogenated alkanes) is 4. The molecule has 0 bridgehead atoms. The average molecular weight is 253 g/mol. The minimum Gasteiger partial charge on any atom is -0.353 e. The van der Waals surface area contributed by atoms with Gasteiger partial charge in [0.05, 0.1) is 0 Å². The van der Waals surface area contributed by atoms with Crippen molar-refractivity contribution in [3.8, 4) is 0 Å². The zero-order valence-corrected chi connectivity index (χ0v) is 12.7. The quantitative estimate of drug-likeness (QED) is 0.642. The lowest BCUT2D eigenvalue weighted by molar-refractivity contribution is -0.119. The summed E-state index contributed by atoms with van der Waals surface area (Å²) >= 11 is 0. The van der Waals surface area contributed by atoms with Crippen LogP contribution < -0.4 is 5.32 Å². The molecule has 0 aromatic carbocycles. The van der Waals surface area contributed by atoms with E-state index in [4.69, 9.17) is 0 Å². The van der Waals surface area contributed by atoms with E-state index in [2.05, 4.69) is 33.0 Å². The molecule has 1 rings (SSSR count). The van der Waals surface area contributed by atoms with Gasteiger partial charge in [-0.2, -0.15) is 0 Å². The van der Waals surface area contributed by atoms with Gasteiger partial charge < -0.3 is 5.32 Å². The van der Waals surface area contributed by atoms with E-state index in [0.29, 0.717) is 12.0 Å². The van der Waals surface area contributed by atoms with Gasteiger partial charge in [0.2, 0.25) is 5.91 Å². The SMILES string of the molecule is CCCCCCCC1(C)CC(=O)NC1CC(C)C. The summed E-state index contributed by atoms with van der Waals surface area (Å²) in [6.45, 7) is 9.04. The second-order valence-electron chi connectivity index (χ2n) is 6.74. The highest BCUT2D eigenvalue weighted by Gasteiger charge is 2.42. The summed E-state index contributed by atoms with van der Waals surface area (Å²) in [4.78, 5) is 11.7. The maximum absolute atomic E-state index is 11.7. The fourth-order valence-electron chi connectivity index (χ4n) is 3.12. The Morgan fingerprint density at radius 3 is 2.56 bits per heavy atom. The minimum atomic E-state index is 0.202. The van der Waals surface area contributed by atoms with Crippen LogP contribution in [0.25, 0.3) is 0 Å². The Labute approximate surface area is 113 Å². The van der Waals surface area contributed by atoms with Crippen molar-refractivity contribution in [1.29, 1.82) is 0 Å². The van der Waals surface area contributed by atoms with Crippen molar-refractivity contribution in [2.45, 2.75) is 85.1 Å². The highest BCUT2D eigenvalue weighted by atomic mass is 16.2. The molecule has 106 valence electrons. The fraction of sp³-hybridized carbons (Fsp3) is 0.938. The van der Waals surface area contributed by atoms with E-state index in [9.17, 15) is 4.79 Å². The summed E-state index contributed by atoms with van der Waals surface area (Å²) in [5.41, 5.74) is 0.202. The highest BCUT2D eigenvalue weighted by Crippen LogP contribution is 2.39. The lowest BCUT2D eigenvalue weighted by atomic mass is 9.75. The van der Waals surface area contributed by atoms with Gasteiger partial charge in [0.25, 0.3) is 0 Å². The third-order valence-electron chi connectivity index (χ3n) is 4.30. The van der Waals surface area contributed by atoms with Crippen LogP contribution in [-0.4, -0.2) is 11.9 Å². The molecule has 1 heterocycles. The molecule has 1 aliphatic rings. The standard InChI is InChI=1S/C16H31NO/c1-5-6-7-8-9-10-16(4)12-15(18)17-14(16)11-13(2)3/h13-14H,5-12H2,1-4H3,(H,17,18). The number of hydrogen-bond acceptors (Lipinski definition) is 1. The third kappa shape index (κ3) is 4.62. The lowest BCUT2D eigenvalue weighted by Gasteiger charge is -2.31. The Morgan fingerprint density at radius 1 is 1.28 bits per heavy atom. The molecular formula is C16H31NO. The summed E-state index contributed by atoms with van der Waals surface area (Å²) in [5.74, 6) is 0.921. The molecule has 0 saturated carbocycles.